The smallest absolute Gasteiger partial charge is 0.114 e. The molecule has 4 rings (SSSR count). The Kier molecular flexibility index (Phi) is 4.41. The zero-order chi connectivity index (χ0) is 17.2. The minimum Gasteiger partial charge on any atom is -0.323 e. The Morgan fingerprint density at radius 3 is 2.56 bits per heavy atom. The molecule has 0 saturated carbocycles. The van der Waals surface area contributed by atoms with Crippen LogP contribution in [0, 0.1) is 6.92 Å². The first kappa shape index (κ1) is 16.1. The molecule has 25 heavy (non-hydrogen) atoms. The standard InChI is InChI=1S/C22H19BrN2/c1-16-7-2-3-9-18(16)14-22-24-20-11-4-5-12-21(20)25(22)15-17-8-6-10-19(23)13-17/h2-13H,14-15H2,1H3. The van der Waals surface area contributed by atoms with E-state index in [0.717, 1.165) is 28.8 Å². The SMILES string of the molecule is Cc1ccccc1Cc1nc2ccccc2n1Cc1cccc(Br)c1. The number of para-hydroxylation sites is 2. The molecule has 0 radical (unpaired) electrons. The van der Waals surface area contributed by atoms with Crippen molar-refractivity contribution in [1.82, 2.24) is 9.55 Å². The number of aromatic nitrogens is 2. The van der Waals surface area contributed by atoms with Crippen molar-refractivity contribution in [3.05, 3.63) is 99.8 Å². The van der Waals surface area contributed by atoms with Gasteiger partial charge in [0.2, 0.25) is 0 Å². The molecule has 0 aliphatic heterocycles. The van der Waals surface area contributed by atoms with Gasteiger partial charge in [0.1, 0.15) is 5.82 Å². The van der Waals surface area contributed by atoms with E-state index in [1.54, 1.807) is 0 Å². The third kappa shape index (κ3) is 3.38. The number of hydrogen-bond donors (Lipinski definition) is 0. The summed E-state index contributed by atoms with van der Waals surface area (Å²) in [5, 5.41) is 0. The van der Waals surface area contributed by atoms with E-state index < -0.39 is 0 Å². The lowest BCUT2D eigenvalue weighted by Crippen LogP contribution is -2.06. The van der Waals surface area contributed by atoms with Crippen molar-refractivity contribution in [3.63, 3.8) is 0 Å². The maximum atomic E-state index is 4.92. The van der Waals surface area contributed by atoms with Crippen molar-refractivity contribution in [1.29, 1.82) is 0 Å². The van der Waals surface area contributed by atoms with Crippen LogP contribution in [-0.2, 0) is 13.0 Å². The zero-order valence-corrected chi connectivity index (χ0v) is 15.7. The Morgan fingerprint density at radius 2 is 1.72 bits per heavy atom. The van der Waals surface area contributed by atoms with E-state index in [-0.39, 0.29) is 0 Å². The Hall–Kier alpha value is -2.39. The van der Waals surface area contributed by atoms with Gasteiger partial charge >= 0.3 is 0 Å². The second-order valence-electron chi connectivity index (χ2n) is 6.34. The van der Waals surface area contributed by atoms with E-state index in [0.29, 0.717) is 0 Å². The predicted molar refractivity (Wildman–Crippen MR) is 107 cm³/mol. The maximum Gasteiger partial charge on any atom is 0.114 e. The lowest BCUT2D eigenvalue weighted by Gasteiger charge is -2.11. The lowest BCUT2D eigenvalue weighted by atomic mass is 10.1. The summed E-state index contributed by atoms with van der Waals surface area (Å²) in [5.41, 5.74) is 6.15. The van der Waals surface area contributed by atoms with Crippen LogP contribution < -0.4 is 0 Å². The molecule has 1 aromatic heterocycles. The van der Waals surface area contributed by atoms with Gasteiger partial charge in [-0.15, -0.1) is 0 Å². The van der Waals surface area contributed by atoms with E-state index in [2.05, 4.69) is 100 Å². The molecule has 3 heteroatoms. The van der Waals surface area contributed by atoms with E-state index in [9.17, 15) is 0 Å². The van der Waals surface area contributed by atoms with Crippen LogP contribution in [0.5, 0.6) is 0 Å². The van der Waals surface area contributed by atoms with E-state index in [4.69, 9.17) is 4.98 Å². The molecule has 0 atom stereocenters. The molecular weight excluding hydrogens is 372 g/mol. The highest BCUT2D eigenvalue weighted by atomic mass is 79.9. The fraction of sp³-hybridized carbons (Fsp3) is 0.136. The van der Waals surface area contributed by atoms with Crippen molar-refractivity contribution in [3.8, 4) is 0 Å². The molecule has 0 saturated heterocycles. The number of rotatable bonds is 4. The van der Waals surface area contributed by atoms with E-state index in [1.807, 2.05) is 0 Å². The number of nitrogens with zero attached hydrogens (tertiary/aromatic N) is 2. The molecule has 0 spiro atoms. The second-order valence-corrected chi connectivity index (χ2v) is 7.25. The third-order valence-electron chi connectivity index (χ3n) is 4.57. The maximum absolute atomic E-state index is 4.92. The fourth-order valence-electron chi connectivity index (χ4n) is 3.23. The van der Waals surface area contributed by atoms with Crippen molar-refractivity contribution in [2.75, 3.05) is 0 Å². The van der Waals surface area contributed by atoms with Gasteiger partial charge in [0.15, 0.2) is 0 Å². The van der Waals surface area contributed by atoms with Crippen LogP contribution in [0.25, 0.3) is 11.0 Å². The second kappa shape index (κ2) is 6.85. The van der Waals surface area contributed by atoms with Crippen LogP contribution in [0.15, 0.2) is 77.3 Å². The Morgan fingerprint density at radius 1 is 0.920 bits per heavy atom. The molecule has 0 bridgehead atoms. The Labute approximate surface area is 156 Å². The Bertz CT molecular complexity index is 1030. The van der Waals surface area contributed by atoms with Gasteiger partial charge in [-0.25, -0.2) is 4.98 Å². The van der Waals surface area contributed by atoms with Gasteiger partial charge in [-0.1, -0.05) is 64.5 Å². The van der Waals surface area contributed by atoms with Gasteiger partial charge in [-0.3, -0.25) is 0 Å². The normalized spacial score (nSPS) is 11.1. The van der Waals surface area contributed by atoms with Crippen molar-refractivity contribution in [2.45, 2.75) is 19.9 Å². The summed E-state index contributed by atoms with van der Waals surface area (Å²) in [7, 11) is 0. The largest absolute Gasteiger partial charge is 0.323 e. The summed E-state index contributed by atoms with van der Waals surface area (Å²) < 4.78 is 3.44. The third-order valence-corrected chi connectivity index (χ3v) is 5.07. The number of halogens is 1. The van der Waals surface area contributed by atoms with Crippen LogP contribution in [0.1, 0.15) is 22.5 Å². The highest BCUT2D eigenvalue weighted by Gasteiger charge is 2.12. The van der Waals surface area contributed by atoms with E-state index in [1.165, 1.54) is 22.2 Å². The minimum absolute atomic E-state index is 0.821. The molecule has 0 amide bonds. The zero-order valence-electron chi connectivity index (χ0n) is 14.1. The summed E-state index contributed by atoms with van der Waals surface area (Å²) in [4.78, 5) is 4.92. The van der Waals surface area contributed by atoms with Crippen LogP contribution in [0.4, 0.5) is 0 Å². The topological polar surface area (TPSA) is 17.8 Å². The molecule has 0 N–H and O–H groups in total. The summed E-state index contributed by atoms with van der Waals surface area (Å²) in [6.07, 6.45) is 0.843. The molecular formula is C22H19BrN2. The minimum atomic E-state index is 0.821. The summed E-state index contributed by atoms with van der Waals surface area (Å²) in [6.45, 7) is 2.98. The molecule has 3 aromatic carbocycles. The summed E-state index contributed by atoms with van der Waals surface area (Å²) >= 11 is 3.57. The van der Waals surface area contributed by atoms with Gasteiger partial charge in [-0.05, 0) is 47.9 Å². The highest BCUT2D eigenvalue weighted by Crippen LogP contribution is 2.22. The van der Waals surface area contributed by atoms with E-state index >= 15 is 0 Å². The lowest BCUT2D eigenvalue weighted by molar-refractivity contribution is 0.761. The Balaban J connectivity index is 1.79. The number of benzene rings is 3. The van der Waals surface area contributed by atoms with Crippen LogP contribution in [-0.4, -0.2) is 9.55 Å². The fourth-order valence-corrected chi connectivity index (χ4v) is 3.68. The average Bonchev–Trinajstić information content (AvgIpc) is 2.95. The quantitative estimate of drug-likeness (QED) is 0.433. The molecule has 4 aromatic rings. The first-order valence-electron chi connectivity index (χ1n) is 8.44. The monoisotopic (exact) mass is 390 g/mol. The van der Waals surface area contributed by atoms with Gasteiger partial charge in [0.05, 0.1) is 11.0 Å². The first-order valence-corrected chi connectivity index (χ1v) is 9.23. The predicted octanol–water partition coefficient (Wildman–Crippen LogP) is 5.75. The molecule has 124 valence electrons. The molecule has 2 nitrogen and oxygen atoms in total. The van der Waals surface area contributed by atoms with Crippen molar-refractivity contribution >= 4 is 27.0 Å². The van der Waals surface area contributed by atoms with Gasteiger partial charge in [-0.2, -0.15) is 0 Å². The number of imidazole rings is 1. The van der Waals surface area contributed by atoms with Gasteiger partial charge in [0.25, 0.3) is 0 Å². The number of fused-ring (bicyclic) bond motifs is 1. The van der Waals surface area contributed by atoms with Crippen molar-refractivity contribution < 1.29 is 0 Å². The molecule has 0 aliphatic carbocycles. The molecule has 0 aliphatic rings. The average molecular weight is 391 g/mol. The molecule has 0 unspecified atom stereocenters. The van der Waals surface area contributed by atoms with Gasteiger partial charge < -0.3 is 4.57 Å². The summed E-state index contributed by atoms with van der Waals surface area (Å²) in [5.74, 6) is 1.11. The van der Waals surface area contributed by atoms with Crippen LogP contribution in [0.3, 0.4) is 0 Å². The summed E-state index contributed by atoms with van der Waals surface area (Å²) in [6, 6.07) is 25.4. The first-order chi connectivity index (χ1) is 12.2. The molecule has 1 heterocycles. The molecule has 0 fully saturated rings. The van der Waals surface area contributed by atoms with Crippen LogP contribution >= 0.6 is 15.9 Å². The highest BCUT2D eigenvalue weighted by molar-refractivity contribution is 9.10. The van der Waals surface area contributed by atoms with Crippen molar-refractivity contribution in [2.24, 2.45) is 0 Å². The number of aryl methyl sites for hydroxylation is 1. The number of hydrogen-bond acceptors (Lipinski definition) is 1. The van der Waals surface area contributed by atoms with Crippen LogP contribution in [0.2, 0.25) is 0 Å². The van der Waals surface area contributed by atoms with Gasteiger partial charge in [0, 0.05) is 17.4 Å².